The number of hydrogen-bond acceptors (Lipinski definition) is 6. The van der Waals surface area contributed by atoms with E-state index in [9.17, 15) is 14.3 Å². The van der Waals surface area contributed by atoms with E-state index in [2.05, 4.69) is 9.98 Å². The van der Waals surface area contributed by atoms with Crippen molar-refractivity contribution < 1.29 is 19.0 Å². The summed E-state index contributed by atoms with van der Waals surface area (Å²) in [6.07, 6.45) is 3.29. The van der Waals surface area contributed by atoms with E-state index in [4.69, 9.17) is 4.74 Å². The molecule has 0 amide bonds. The molecule has 1 aliphatic rings. The van der Waals surface area contributed by atoms with Crippen LogP contribution in [0.3, 0.4) is 0 Å². The van der Waals surface area contributed by atoms with E-state index in [1.165, 1.54) is 24.3 Å². The van der Waals surface area contributed by atoms with Crippen molar-refractivity contribution in [1.29, 1.82) is 0 Å². The Bertz CT molecular complexity index is 906. The van der Waals surface area contributed by atoms with Crippen molar-refractivity contribution in [2.45, 2.75) is 6.92 Å². The molecule has 0 saturated carbocycles. The van der Waals surface area contributed by atoms with Crippen LogP contribution in [0.5, 0.6) is 0 Å². The quantitative estimate of drug-likeness (QED) is 0.807. The van der Waals surface area contributed by atoms with Crippen LogP contribution in [0.4, 0.5) is 10.1 Å². The minimum Gasteiger partial charge on any atom is -0.506 e. The highest BCUT2D eigenvalue weighted by molar-refractivity contribution is 8.18. The molecule has 26 heavy (non-hydrogen) atoms. The molecule has 0 bridgehead atoms. The molecule has 0 unspecified atom stereocenters. The summed E-state index contributed by atoms with van der Waals surface area (Å²) in [5.41, 5.74) is 1.08. The summed E-state index contributed by atoms with van der Waals surface area (Å²) in [4.78, 5) is 21.2. The molecule has 3 rings (SSSR count). The van der Waals surface area contributed by atoms with Gasteiger partial charge in [0.25, 0.3) is 0 Å². The maximum Gasteiger partial charge on any atom is 0.344 e. The van der Waals surface area contributed by atoms with Crippen LogP contribution in [-0.4, -0.2) is 27.7 Å². The molecule has 0 fully saturated rings. The van der Waals surface area contributed by atoms with E-state index in [0.29, 0.717) is 16.3 Å². The fraction of sp³-hybridized carbons (Fsp3) is 0.105. The zero-order valence-electron chi connectivity index (χ0n) is 13.8. The largest absolute Gasteiger partial charge is 0.506 e. The summed E-state index contributed by atoms with van der Waals surface area (Å²) in [6, 6.07) is 10.9. The monoisotopic (exact) mass is 370 g/mol. The SMILES string of the molecule is CCOC(=O)C1=C(O)/C(=C\c2ccccn2)SC1=Nc1ccc(F)cc1. The molecule has 1 aromatic carbocycles. The molecule has 1 N–H and O–H groups in total. The Hall–Kier alpha value is -2.93. The average molecular weight is 370 g/mol. The van der Waals surface area contributed by atoms with Gasteiger partial charge in [-0.15, -0.1) is 0 Å². The van der Waals surface area contributed by atoms with E-state index in [0.717, 1.165) is 11.8 Å². The van der Waals surface area contributed by atoms with Gasteiger partial charge >= 0.3 is 5.97 Å². The Morgan fingerprint density at radius 2 is 2.08 bits per heavy atom. The molecule has 1 aromatic heterocycles. The average Bonchev–Trinajstić information content (AvgIpc) is 2.93. The summed E-state index contributed by atoms with van der Waals surface area (Å²) in [6.45, 7) is 1.85. The fourth-order valence-electron chi connectivity index (χ4n) is 2.22. The normalized spacial score (nSPS) is 17.2. The van der Waals surface area contributed by atoms with Crippen molar-refractivity contribution in [3.63, 3.8) is 0 Å². The number of aliphatic hydroxyl groups excluding tert-OH is 1. The van der Waals surface area contributed by atoms with Crippen molar-refractivity contribution in [3.05, 3.63) is 76.4 Å². The number of thioether (sulfide) groups is 1. The summed E-state index contributed by atoms with van der Waals surface area (Å²) in [5.74, 6) is -1.25. The number of carbonyl (C=O) groups excluding carboxylic acids is 1. The third-order valence-electron chi connectivity index (χ3n) is 3.39. The van der Waals surface area contributed by atoms with Gasteiger partial charge in [-0.3, -0.25) is 4.98 Å². The van der Waals surface area contributed by atoms with Gasteiger partial charge in [0.05, 0.1) is 22.9 Å². The Morgan fingerprint density at radius 1 is 1.31 bits per heavy atom. The smallest absolute Gasteiger partial charge is 0.344 e. The van der Waals surface area contributed by atoms with Crippen molar-refractivity contribution in [2.24, 2.45) is 4.99 Å². The van der Waals surface area contributed by atoms with Gasteiger partial charge < -0.3 is 9.84 Å². The number of nitrogens with zero attached hydrogens (tertiary/aromatic N) is 2. The zero-order chi connectivity index (χ0) is 18.5. The van der Waals surface area contributed by atoms with Gasteiger partial charge in [-0.25, -0.2) is 14.2 Å². The van der Waals surface area contributed by atoms with Gasteiger partial charge in [-0.2, -0.15) is 0 Å². The maximum atomic E-state index is 13.1. The molecule has 1 aliphatic heterocycles. The lowest BCUT2D eigenvalue weighted by Crippen LogP contribution is -2.12. The van der Waals surface area contributed by atoms with Crippen LogP contribution in [0.1, 0.15) is 12.6 Å². The van der Waals surface area contributed by atoms with Gasteiger partial charge in [-0.1, -0.05) is 17.8 Å². The minimum absolute atomic E-state index is 0.0108. The van der Waals surface area contributed by atoms with Crippen LogP contribution in [0.2, 0.25) is 0 Å². The van der Waals surface area contributed by atoms with E-state index < -0.39 is 5.97 Å². The van der Waals surface area contributed by atoms with Crippen LogP contribution in [0.15, 0.2) is 69.9 Å². The third-order valence-corrected chi connectivity index (χ3v) is 4.41. The second kappa shape index (κ2) is 7.97. The Morgan fingerprint density at radius 3 is 2.73 bits per heavy atom. The van der Waals surface area contributed by atoms with Crippen LogP contribution < -0.4 is 0 Å². The number of aliphatic hydroxyl groups is 1. The number of esters is 1. The molecule has 0 spiro atoms. The summed E-state index contributed by atoms with van der Waals surface area (Å²) >= 11 is 1.13. The molecule has 0 radical (unpaired) electrons. The Balaban J connectivity index is 2.02. The first-order valence-corrected chi connectivity index (χ1v) is 8.66. The predicted octanol–water partition coefficient (Wildman–Crippen LogP) is 4.41. The van der Waals surface area contributed by atoms with Gasteiger partial charge in [0, 0.05) is 6.20 Å². The molecule has 0 aliphatic carbocycles. The van der Waals surface area contributed by atoms with Crippen LogP contribution in [0, 0.1) is 5.82 Å². The second-order valence-electron chi connectivity index (χ2n) is 5.20. The second-order valence-corrected chi connectivity index (χ2v) is 6.23. The van der Waals surface area contributed by atoms with Crippen molar-refractivity contribution >= 4 is 34.5 Å². The summed E-state index contributed by atoms with van der Waals surface area (Å²) < 4.78 is 18.1. The van der Waals surface area contributed by atoms with E-state index >= 15 is 0 Å². The molecular weight excluding hydrogens is 355 g/mol. The molecule has 7 heteroatoms. The van der Waals surface area contributed by atoms with Crippen molar-refractivity contribution in [2.75, 3.05) is 6.61 Å². The van der Waals surface area contributed by atoms with Crippen molar-refractivity contribution in [3.8, 4) is 0 Å². The number of benzene rings is 1. The number of halogens is 1. The summed E-state index contributed by atoms with van der Waals surface area (Å²) in [7, 11) is 0. The number of carbonyl (C=O) groups is 1. The number of hydrogen-bond donors (Lipinski definition) is 1. The number of aromatic nitrogens is 1. The first-order valence-electron chi connectivity index (χ1n) is 7.84. The van der Waals surface area contributed by atoms with Gasteiger partial charge in [0.2, 0.25) is 0 Å². The van der Waals surface area contributed by atoms with E-state index in [-0.39, 0.29) is 28.8 Å². The highest BCUT2D eigenvalue weighted by Crippen LogP contribution is 2.40. The standard InChI is InChI=1S/C19H15FN2O3S/c1-2-25-19(24)16-17(23)15(11-14-5-3-4-10-21-14)26-18(16)22-13-8-6-12(20)7-9-13/h3-11,23H,2H2,1H3/b15-11+,22-18?. The van der Waals surface area contributed by atoms with Crippen molar-refractivity contribution in [1.82, 2.24) is 4.98 Å². The van der Waals surface area contributed by atoms with Crippen LogP contribution >= 0.6 is 11.8 Å². The molecule has 132 valence electrons. The molecular formula is C19H15FN2O3S. The predicted molar refractivity (Wildman–Crippen MR) is 99.6 cm³/mol. The van der Waals surface area contributed by atoms with Gasteiger partial charge in [0.1, 0.15) is 22.2 Å². The van der Waals surface area contributed by atoms with E-state index in [1.807, 2.05) is 6.07 Å². The first kappa shape index (κ1) is 17.9. The lowest BCUT2D eigenvalue weighted by Gasteiger charge is -2.03. The third kappa shape index (κ3) is 4.00. The maximum absolute atomic E-state index is 13.1. The highest BCUT2D eigenvalue weighted by Gasteiger charge is 2.33. The lowest BCUT2D eigenvalue weighted by molar-refractivity contribution is -0.138. The highest BCUT2D eigenvalue weighted by atomic mass is 32.2. The van der Waals surface area contributed by atoms with E-state index in [1.54, 1.807) is 31.3 Å². The molecule has 0 atom stereocenters. The van der Waals surface area contributed by atoms with Gasteiger partial charge in [0.15, 0.2) is 0 Å². The molecule has 2 aromatic rings. The zero-order valence-corrected chi connectivity index (χ0v) is 14.7. The Kier molecular flexibility index (Phi) is 5.48. The molecule has 0 saturated heterocycles. The Labute approximate surface area is 153 Å². The number of aliphatic imine (C=N–C) groups is 1. The number of ether oxygens (including phenoxy) is 1. The van der Waals surface area contributed by atoms with Gasteiger partial charge in [-0.05, 0) is 49.4 Å². The fourth-order valence-corrected chi connectivity index (χ4v) is 3.24. The first-order chi connectivity index (χ1) is 12.6. The van der Waals surface area contributed by atoms with Crippen LogP contribution in [-0.2, 0) is 9.53 Å². The topological polar surface area (TPSA) is 71.8 Å². The molecule has 5 nitrogen and oxygen atoms in total. The lowest BCUT2D eigenvalue weighted by atomic mass is 10.2. The van der Waals surface area contributed by atoms with Crippen LogP contribution in [0.25, 0.3) is 6.08 Å². The summed E-state index contributed by atoms with van der Waals surface area (Å²) in [5, 5.41) is 10.8. The molecule has 2 heterocycles. The number of pyridine rings is 1. The minimum atomic E-state index is -0.664. The number of rotatable bonds is 4.